The van der Waals surface area contributed by atoms with Gasteiger partial charge in [-0.05, 0) is 66.6 Å². The number of aliphatic imine (C=N–C) groups is 1. The quantitative estimate of drug-likeness (QED) is 0.300. The lowest BCUT2D eigenvalue weighted by Crippen LogP contribution is -2.34. The van der Waals surface area contributed by atoms with Crippen LogP contribution in [-0.4, -0.2) is 44.3 Å². The fourth-order valence-corrected chi connectivity index (χ4v) is 5.28. The van der Waals surface area contributed by atoms with Gasteiger partial charge in [-0.3, -0.25) is 19.6 Å². The summed E-state index contributed by atoms with van der Waals surface area (Å²) in [5, 5.41) is 1.54. The van der Waals surface area contributed by atoms with Crippen molar-refractivity contribution in [3.05, 3.63) is 93.9 Å². The average Bonchev–Trinajstić information content (AvgIpc) is 3.13. The molecule has 1 amide bonds. The van der Waals surface area contributed by atoms with Crippen LogP contribution < -0.4 is 11.3 Å². The molecule has 2 N–H and O–H groups in total. The van der Waals surface area contributed by atoms with Crippen molar-refractivity contribution in [2.24, 2.45) is 10.7 Å². The molecule has 4 aromatic rings. The van der Waals surface area contributed by atoms with Gasteiger partial charge in [0.05, 0.1) is 17.1 Å². The Morgan fingerprint density at radius 2 is 1.78 bits per heavy atom. The monoisotopic (exact) mass is 548 g/mol. The number of carbonyl (C=O) groups excluding carboxylic acids is 1. The van der Waals surface area contributed by atoms with Crippen LogP contribution in [0.1, 0.15) is 50.1 Å². The van der Waals surface area contributed by atoms with Crippen LogP contribution in [0.25, 0.3) is 28.0 Å². The maximum Gasteiger partial charge on any atom is 0.258 e. The standard InChI is InChI=1S/C33H36N6O2/c1-4-12-38(13-5-2)32(40)27-17-26-7-6-24(18-30(26)37-31(34)19-27)23-8-9-29-25(16-23)10-14-39(33(29)41)15-11-28-21-35-20-22(3)36-28/h6-10,14,16-18,20-21H,4-5,11-13,15,19H2,1-3H3,(H2,34,37). The molecular weight excluding hydrogens is 512 g/mol. The van der Waals surface area contributed by atoms with E-state index >= 15 is 0 Å². The number of amidine groups is 1. The normalized spacial score (nSPS) is 12.9. The van der Waals surface area contributed by atoms with Gasteiger partial charge in [-0.25, -0.2) is 4.99 Å². The summed E-state index contributed by atoms with van der Waals surface area (Å²) >= 11 is 0. The number of aromatic nitrogens is 3. The molecule has 41 heavy (non-hydrogen) atoms. The molecule has 0 saturated heterocycles. The zero-order valence-corrected chi connectivity index (χ0v) is 23.9. The Kier molecular flexibility index (Phi) is 8.38. The Labute approximate surface area is 240 Å². The van der Waals surface area contributed by atoms with Crippen LogP contribution in [0.4, 0.5) is 5.69 Å². The molecule has 0 spiro atoms. The van der Waals surface area contributed by atoms with Crippen molar-refractivity contribution in [2.45, 2.75) is 53.0 Å². The molecule has 2 aromatic heterocycles. The third kappa shape index (κ3) is 6.27. The van der Waals surface area contributed by atoms with Crippen molar-refractivity contribution in [1.29, 1.82) is 0 Å². The van der Waals surface area contributed by atoms with Crippen LogP contribution in [0, 0.1) is 6.92 Å². The van der Waals surface area contributed by atoms with Gasteiger partial charge >= 0.3 is 0 Å². The number of nitrogens with two attached hydrogens (primary N) is 1. The highest BCUT2D eigenvalue weighted by molar-refractivity contribution is 6.05. The first kappa shape index (κ1) is 28.0. The molecule has 3 heterocycles. The van der Waals surface area contributed by atoms with Crippen molar-refractivity contribution in [3.63, 3.8) is 0 Å². The van der Waals surface area contributed by atoms with Crippen LogP contribution in [0.2, 0.25) is 0 Å². The van der Waals surface area contributed by atoms with Crippen LogP contribution in [0.5, 0.6) is 0 Å². The lowest BCUT2D eigenvalue weighted by atomic mass is 9.99. The molecule has 0 fully saturated rings. The molecule has 0 bridgehead atoms. The molecule has 1 aliphatic heterocycles. The summed E-state index contributed by atoms with van der Waals surface area (Å²) < 4.78 is 1.72. The number of rotatable bonds is 9. The number of carbonyl (C=O) groups is 1. The Balaban J connectivity index is 1.41. The van der Waals surface area contributed by atoms with E-state index in [1.807, 2.05) is 66.6 Å². The summed E-state index contributed by atoms with van der Waals surface area (Å²) in [6, 6.07) is 13.8. The van der Waals surface area contributed by atoms with E-state index in [4.69, 9.17) is 5.73 Å². The SMILES string of the molecule is CCCN(CCC)C(=O)C1=Cc2ccc(-c3ccc4c(=O)n(CCc5cncc(C)n5)ccc4c3)cc2N=C(N)C1. The first-order valence-electron chi connectivity index (χ1n) is 14.2. The van der Waals surface area contributed by atoms with E-state index in [1.165, 1.54) is 0 Å². The van der Waals surface area contributed by atoms with Crippen LogP contribution in [0.3, 0.4) is 0 Å². The van der Waals surface area contributed by atoms with Crippen molar-refractivity contribution in [1.82, 2.24) is 19.4 Å². The van der Waals surface area contributed by atoms with E-state index in [2.05, 4.69) is 28.8 Å². The lowest BCUT2D eigenvalue weighted by Gasteiger charge is -2.22. The van der Waals surface area contributed by atoms with Crippen molar-refractivity contribution in [3.8, 4) is 11.1 Å². The number of pyridine rings is 1. The van der Waals surface area contributed by atoms with Crippen molar-refractivity contribution >= 4 is 34.3 Å². The minimum atomic E-state index is -0.0310. The van der Waals surface area contributed by atoms with Crippen LogP contribution in [-0.2, 0) is 17.8 Å². The van der Waals surface area contributed by atoms with Gasteiger partial charge in [0.25, 0.3) is 5.56 Å². The Bertz CT molecular complexity index is 1710. The van der Waals surface area contributed by atoms with Crippen molar-refractivity contribution in [2.75, 3.05) is 13.1 Å². The molecule has 0 saturated carbocycles. The van der Waals surface area contributed by atoms with Crippen molar-refractivity contribution < 1.29 is 4.79 Å². The molecule has 8 heteroatoms. The van der Waals surface area contributed by atoms with E-state index in [0.29, 0.717) is 36.2 Å². The molecule has 8 nitrogen and oxygen atoms in total. The van der Waals surface area contributed by atoms with Gasteiger partial charge in [-0.2, -0.15) is 0 Å². The summed E-state index contributed by atoms with van der Waals surface area (Å²) in [6.07, 6.45) is 10.00. The van der Waals surface area contributed by atoms with Crippen LogP contribution >= 0.6 is 0 Å². The zero-order chi connectivity index (χ0) is 28.9. The second-order valence-corrected chi connectivity index (χ2v) is 10.5. The summed E-state index contributed by atoms with van der Waals surface area (Å²) in [4.78, 5) is 41.7. The highest BCUT2D eigenvalue weighted by Crippen LogP contribution is 2.33. The third-order valence-electron chi connectivity index (χ3n) is 7.27. The first-order valence-corrected chi connectivity index (χ1v) is 14.2. The summed E-state index contributed by atoms with van der Waals surface area (Å²) in [5.74, 6) is 0.444. The smallest absolute Gasteiger partial charge is 0.258 e. The third-order valence-corrected chi connectivity index (χ3v) is 7.27. The Morgan fingerprint density at radius 3 is 2.54 bits per heavy atom. The number of hydrogen-bond acceptors (Lipinski definition) is 6. The molecule has 1 aliphatic rings. The Hall–Kier alpha value is -4.59. The van der Waals surface area contributed by atoms with Crippen LogP contribution in [0.15, 0.2) is 76.4 Å². The fraction of sp³-hybridized carbons (Fsp3) is 0.303. The molecule has 0 aliphatic carbocycles. The van der Waals surface area contributed by atoms with E-state index in [-0.39, 0.29) is 11.5 Å². The number of hydrogen-bond donors (Lipinski definition) is 1. The zero-order valence-electron chi connectivity index (χ0n) is 23.9. The topological polar surface area (TPSA) is 106 Å². The fourth-order valence-electron chi connectivity index (χ4n) is 5.28. The number of fused-ring (bicyclic) bond motifs is 2. The van der Waals surface area contributed by atoms with Gasteiger partial charge in [0, 0.05) is 67.6 Å². The lowest BCUT2D eigenvalue weighted by molar-refractivity contribution is -0.127. The number of aryl methyl sites for hydroxylation is 3. The number of nitrogens with zero attached hydrogens (tertiary/aromatic N) is 5. The minimum Gasteiger partial charge on any atom is -0.387 e. The summed E-state index contributed by atoms with van der Waals surface area (Å²) in [6.45, 7) is 8.05. The predicted molar refractivity (Wildman–Crippen MR) is 165 cm³/mol. The van der Waals surface area contributed by atoms with E-state index in [0.717, 1.165) is 65.1 Å². The summed E-state index contributed by atoms with van der Waals surface area (Å²) in [5.41, 5.74) is 12.2. The van der Waals surface area contributed by atoms with E-state index in [1.54, 1.807) is 17.0 Å². The Morgan fingerprint density at radius 1 is 1.02 bits per heavy atom. The van der Waals surface area contributed by atoms with Gasteiger partial charge in [-0.1, -0.05) is 32.0 Å². The number of amides is 1. The molecule has 5 rings (SSSR count). The molecule has 210 valence electrons. The maximum absolute atomic E-state index is 13.3. The van der Waals surface area contributed by atoms with Gasteiger partial charge < -0.3 is 15.2 Å². The molecule has 0 atom stereocenters. The minimum absolute atomic E-state index is 0.0239. The van der Waals surface area contributed by atoms with Gasteiger partial charge in [0.15, 0.2) is 0 Å². The van der Waals surface area contributed by atoms with E-state index in [9.17, 15) is 9.59 Å². The molecular formula is C33H36N6O2. The molecule has 2 aromatic carbocycles. The van der Waals surface area contributed by atoms with Gasteiger partial charge in [-0.15, -0.1) is 0 Å². The van der Waals surface area contributed by atoms with Gasteiger partial charge in [0.2, 0.25) is 5.91 Å². The largest absolute Gasteiger partial charge is 0.387 e. The second-order valence-electron chi connectivity index (χ2n) is 10.5. The molecule has 0 unspecified atom stereocenters. The highest BCUT2D eigenvalue weighted by Gasteiger charge is 2.21. The average molecular weight is 549 g/mol. The number of benzene rings is 2. The maximum atomic E-state index is 13.3. The predicted octanol–water partition coefficient (Wildman–Crippen LogP) is 5.43. The summed E-state index contributed by atoms with van der Waals surface area (Å²) in [7, 11) is 0. The molecule has 0 radical (unpaired) electrons. The first-order chi connectivity index (χ1) is 19.9. The van der Waals surface area contributed by atoms with E-state index < -0.39 is 0 Å². The highest BCUT2D eigenvalue weighted by atomic mass is 16.2. The van der Waals surface area contributed by atoms with Gasteiger partial charge in [0.1, 0.15) is 5.84 Å². The second kappa shape index (κ2) is 12.3.